The van der Waals surface area contributed by atoms with Crippen molar-refractivity contribution in [1.29, 1.82) is 0 Å². The van der Waals surface area contributed by atoms with Gasteiger partial charge in [0.15, 0.2) is 0 Å². The number of likely N-dealkylation sites (N-methyl/N-ethyl adjacent to an activating group) is 1. The van der Waals surface area contributed by atoms with Gasteiger partial charge in [-0.25, -0.2) is 8.42 Å². The first-order valence-electron chi connectivity index (χ1n) is 8.82. The summed E-state index contributed by atoms with van der Waals surface area (Å²) in [7, 11) is -1.88. The zero-order valence-corrected chi connectivity index (χ0v) is 16.8. The number of para-hydroxylation sites is 1. The van der Waals surface area contributed by atoms with Crippen LogP contribution >= 0.6 is 0 Å². The molecule has 26 heavy (non-hydrogen) atoms. The van der Waals surface area contributed by atoms with Gasteiger partial charge in [-0.2, -0.15) is 4.31 Å². The summed E-state index contributed by atoms with van der Waals surface area (Å²) < 4.78 is 28.0. The molecule has 0 spiro atoms. The Balaban J connectivity index is 1.91. The molecule has 0 amide bonds. The quantitative estimate of drug-likeness (QED) is 0.726. The summed E-state index contributed by atoms with van der Waals surface area (Å²) in [5.74, 6) is 0. The molecule has 1 atom stereocenters. The molecule has 3 rings (SSSR count). The lowest BCUT2D eigenvalue weighted by molar-refractivity contribution is 0.387. The Hall–Kier alpha value is -2.11. The fourth-order valence-corrected chi connectivity index (χ4v) is 5.47. The molecule has 2 aromatic carbocycles. The molecule has 1 aromatic heterocycles. The third kappa shape index (κ3) is 3.29. The van der Waals surface area contributed by atoms with Gasteiger partial charge in [0.25, 0.3) is 0 Å². The van der Waals surface area contributed by atoms with E-state index in [4.69, 9.17) is 0 Å². The average molecular weight is 371 g/mol. The highest BCUT2D eigenvalue weighted by atomic mass is 32.2. The van der Waals surface area contributed by atoms with Crippen LogP contribution in [0.2, 0.25) is 0 Å². The summed E-state index contributed by atoms with van der Waals surface area (Å²) in [5, 5.41) is 1.15. The first-order valence-corrected chi connectivity index (χ1v) is 10.3. The summed E-state index contributed by atoms with van der Waals surface area (Å²) >= 11 is 0. The van der Waals surface area contributed by atoms with E-state index in [-0.39, 0.29) is 6.04 Å². The molecule has 0 fully saturated rings. The lowest BCUT2D eigenvalue weighted by atomic mass is 10.1. The zero-order valence-electron chi connectivity index (χ0n) is 16.0. The topological polar surface area (TPSA) is 53.2 Å². The lowest BCUT2D eigenvalue weighted by Crippen LogP contribution is -2.37. The number of nitrogens with one attached hydrogen (secondary N) is 1. The largest absolute Gasteiger partial charge is 0.361 e. The fraction of sp³-hybridized carbons (Fsp3) is 0.333. The van der Waals surface area contributed by atoms with E-state index in [9.17, 15) is 8.42 Å². The maximum absolute atomic E-state index is 13.2. The van der Waals surface area contributed by atoms with Gasteiger partial charge in [-0.3, -0.25) is 0 Å². The van der Waals surface area contributed by atoms with Crippen molar-refractivity contribution >= 4 is 20.9 Å². The molecular formula is C21H26N2O2S. The van der Waals surface area contributed by atoms with Crippen LogP contribution in [0.4, 0.5) is 0 Å². The second kappa shape index (κ2) is 6.89. The highest BCUT2D eigenvalue weighted by molar-refractivity contribution is 7.89. The van der Waals surface area contributed by atoms with E-state index in [1.165, 1.54) is 4.31 Å². The van der Waals surface area contributed by atoms with Crippen molar-refractivity contribution < 1.29 is 8.42 Å². The summed E-state index contributed by atoms with van der Waals surface area (Å²) in [4.78, 5) is 3.69. The van der Waals surface area contributed by atoms with E-state index in [0.717, 1.165) is 33.2 Å². The predicted molar refractivity (Wildman–Crippen MR) is 107 cm³/mol. The molecule has 0 radical (unpaired) electrons. The molecule has 138 valence electrons. The molecule has 4 nitrogen and oxygen atoms in total. The van der Waals surface area contributed by atoms with E-state index < -0.39 is 10.0 Å². The highest BCUT2D eigenvalue weighted by Gasteiger charge is 2.29. The number of sulfonamides is 1. The van der Waals surface area contributed by atoms with Gasteiger partial charge in [0, 0.05) is 30.2 Å². The summed E-state index contributed by atoms with van der Waals surface area (Å²) in [6.45, 7) is 7.67. The SMILES string of the molecule is Cc1cc(C)c(S(=O)(=O)N(C)C(C)Cc2c[nH]c3ccccc23)c(C)c1. The van der Waals surface area contributed by atoms with Crippen molar-refractivity contribution in [2.75, 3.05) is 7.05 Å². The molecule has 0 saturated carbocycles. The fourth-order valence-electron chi connectivity index (χ4n) is 3.70. The second-order valence-electron chi connectivity index (χ2n) is 7.16. The average Bonchev–Trinajstić information content (AvgIpc) is 2.96. The van der Waals surface area contributed by atoms with Crippen molar-refractivity contribution in [2.24, 2.45) is 0 Å². The Labute approximate surface area is 155 Å². The summed E-state index contributed by atoms with van der Waals surface area (Å²) in [6, 6.07) is 11.8. The number of aromatic amines is 1. The number of H-pyrrole nitrogens is 1. The molecule has 5 heteroatoms. The third-order valence-electron chi connectivity index (χ3n) is 5.05. The molecule has 1 heterocycles. The Kier molecular flexibility index (Phi) is 4.95. The maximum Gasteiger partial charge on any atom is 0.243 e. The minimum absolute atomic E-state index is 0.153. The Morgan fingerprint density at radius 1 is 1.08 bits per heavy atom. The summed E-state index contributed by atoms with van der Waals surface area (Å²) in [5.41, 5.74) is 4.88. The van der Waals surface area contributed by atoms with Crippen molar-refractivity contribution in [1.82, 2.24) is 9.29 Å². The number of hydrogen-bond donors (Lipinski definition) is 1. The van der Waals surface area contributed by atoms with Crippen LogP contribution in [-0.4, -0.2) is 30.8 Å². The van der Waals surface area contributed by atoms with Gasteiger partial charge in [-0.05, 0) is 56.9 Å². The molecular weight excluding hydrogens is 344 g/mol. The number of aromatic nitrogens is 1. The smallest absolute Gasteiger partial charge is 0.243 e. The minimum atomic E-state index is -3.55. The minimum Gasteiger partial charge on any atom is -0.361 e. The molecule has 1 unspecified atom stereocenters. The number of benzene rings is 2. The van der Waals surface area contributed by atoms with Crippen molar-refractivity contribution in [3.8, 4) is 0 Å². The van der Waals surface area contributed by atoms with Gasteiger partial charge in [-0.1, -0.05) is 35.9 Å². The molecule has 1 N–H and O–H groups in total. The monoisotopic (exact) mass is 370 g/mol. The number of rotatable bonds is 5. The van der Waals surface area contributed by atoms with Crippen molar-refractivity contribution in [3.63, 3.8) is 0 Å². The second-order valence-corrected chi connectivity index (χ2v) is 9.10. The van der Waals surface area contributed by atoms with E-state index in [0.29, 0.717) is 11.3 Å². The Morgan fingerprint density at radius 2 is 1.69 bits per heavy atom. The first kappa shape index (κ1) is 18.7. The molecule has 0 aliphatic carbocycles. The normalized spacial score (nSPS) is 13.5. The highest BCUT2D eigenvalue weighted by Crippen LogP contribution is 2.27. The molecule has 0 aliphatic rings. The maximum atomic E-state index is 13.2. The molecule has 0 aliphatic heterocycles. The first-order chi connectivity index (χ1) is 12.2. The van der Waals surface area contributed by atoms with Crippen LogP contribution in [0.1, 0.15) is 29.2 Å². The molecule has 0 saturated heterocycles. The lowest BCUT2D eigenvalue weighted by Gasteiger charge is -2.26. The van der Waals surface area contributed by atoms with Gasteiger partial charge in [0.1, 0.15) is 0 Å². The van der Waals surface area contributed by atoms with Crippen LogP contribution in [0.5, 0.6) is 0 Å². The van der Waals surface area contributed by atoms with E-state index in [1.807, 2.05) is 64.2 Å². The van der Waals surface area contributed by atoms with Gasteiger partial charge < -0.3 is 4.98 Å². The van der Waals surface area contributed by atoms with Crippen LogP contribution in [0, 0.1) is 20.8 Å². The standard InChI is InChI=1S/C21H26N2O2S/c1-14-10-15(2)21(16(3)11-14)26(24,25)23(5)17(4)12-18-13-22-20-9-7-6-8-19(18)20/h6-11,13,17,22H,12H2,1-5H3. The molecule has 0 bridgehead atoms. The van der Waals surface area contributed by atoms with E-state index in [1.54, 1.807) is 7.05 Å². The van der Waals surface area contributed by atoms with Crippen LogP contribution in [0.25, 0.3) is 10.9 Å². The Morgan fingerprint density at radius 3 is 2.35 bits per heavy atom. The van der Waals surface area contributed by atoms with E-state index >= 15 is 0 Å². The number of nitrogens with zero attached hydrogens (tertiary/aromatic N) is 1. The molecule has 3 aromatic rings. The van der Waals surface area contributed by atoms with Gasteiger partial charge in [-0.15, -0.1) is 0 Å². The predicted octanol–water partition coefficient (Wildman–Crippen LogP) is 4.34. The van der Waals surface area contributed by atoms with Crippen LogP contribution in [0.3, 0.4) is 0 Å². The van der Waals surface area contributed by atoms with Crippen LogP contribution < -0.4 is 0 Å². The summed E-state index contributed by atoms with van der Waals surface area (Å²) in [6.07, 6.45) is 2.63. The number of fused-ring (bicyclic) bond motifs is 1. The third-order valence-corrected chi connectivity index (χ3v) is 7.33. The number of aryl methyl sites for hydroxylation is 3. The van der Waals surface area contributed by atoms with Crippen LogP contribution in [-0.2, 0) is 16.4 Å². The zero-order chi connectivity index (χ0) is 19.1. The van der Waals surface area contributed by atoms with Crippen molar-refractivity contribution in [2.45, 2.75) is 45.1 Å². The Bertz CT molecular complexity index is 1030. The van der Waals surface area contributed by atoms with Crippen molar-refractivity contribution in [3.05, 3.63) is 64.8 Å². The van der Waals surface area contributed by atoms with Gasteiger partial charge in [0.05, 0.1) is 4.90 Å². The van der Waals surface area contributed by atoms with E-state index in [2.05, 4.69) is 11.1 Å². The van der Waals surface area contributed by atoms with Crippen LogP contribution in [0.15, 0.2) is 47.5 Å². The van der Waals surface area contributed by atoms with Gasteiger partial charge >= 0.3 is 0 Å². The number of hydrogen-bond acceptors (Lipinski definition) is 2. The van der Waals surface area contributed by atoms with Gasteiger partial charge in [0.2, 0.25) is 10.0 Å².